The van der Waals surface area contributed by atoms with Crippen LogP contribution in [0.2, 0.25) is 0 Å². The second-order valence-corrected chi connectivity index (χ2v) is 7.39. The molecule has 1 aromatic carbocycles. The number of ketones is 1. The van der Waals surface area contributed by atoms with E-state index in [1.807, 2.05) is 0 Å². The molecule has 1 aromatic rings. The summed E-state index contributed by atoms with van der Waals surface area (Å²) < 4.78 is 22.3. The number of urea groups is 1. The monoisotopic (exact) mass is 324 g/mol. The molecule has 0 radical (unpaired) electrons. The SMILES string of the molecule is CS(=O)(=O)CCC1NC(=O)N(CC(=O)c2ccccc2)C1=O. The predicted octanol–water partition coefficient (Wildman–Crippen LogP) is 0.224. The molecule has 0 saturated carbocycles. The molecule has 8 heteroatoms. The molecule has 7 nitrogen and oxygen atoms in total. The molecule has 22 heavy (non-hydrogen) atoms. The molecule has 1 unspecified atom stereocenters. The van der Waals surface area contributed by atoms with Gasteiger partial charge in [-0.15, -0.1) is 0 Å². The van der Waals surface area contributed by atoms with Crippen molar-refractivity contribution in [2.45, 2.75) is 12.5 Å². The second kappa shape index (κ2) is 6.27. The fraction of sp³-hybridized carbons (Fsp3) is 0.357. The highest BCUT2D eigenvalue weighted by molar-refractivity contribution is 7.90. The van der Waals surface area contributed by atoms with E-state index >= 15 is 0 Å². The molecule has 1 saturated heterocycles. The van der Waals surface area contributed by atoms with Gasteiger partial charge in [0.1, 0.15) is 15.9 Å². The third-order valence-corrected chi connectivity index (χ3v) is 4.26. The number of imide groups is 1. The quantitative estimate of drug-likeness (QED) is 0.596. The molecule has 118 valence electrons. The molecule has 1 heterocycles. The van der Waals surface area contributed by atoms with E-state index in [1.54, 1.807) is 30.3 Å². The summed E-state index contributed by atoms with van der Waals surface area (Å²) in [7, 11) is -3.22. The molecule has 1 aliphatic heterocycles. The summed E-state index contributed by atoms with van der Waals surface area (Å²) in [5.74, 6) is -1.13. The first-order chi connectivity index (χ1) is 10.3. The Bertz CT molecular complexity index is 699. The van der Waals surface area contributed by atoms with Crippen LogP contribution < -0.4 is 5.32 Å². The molecule has 1 N–H and O–H groups in total. The Balaban J connectivity index is 2.02. The molecule has 1 fully saturated rings. The summed E-state index contributed by atoms with van der Waals surface area (Å²) in [6.07, 6.45) is 1.06. The lowest BCUT2D eigenvalue weighted by Crippen LogP contribution is -2.36. The Hall–Kier alpha value is -2.22. The van der Waals surface area contributed by atoms with E-state index in [0.717, 1.165) is 11.2 Å². The largest absolute Gasteiger partial charge is 0.326 e. The molecule has 0 aromatic heterocycles. The van der Waals surface area contributed by atoms with Crippen molar-refractivity contribution in [2.75, 3.05) is 18.6 Å². The van der Waals surface area contributed by atoms with Gasteiger partial charge in [0.2, 0.25) is 0 Å². The molecule has 0 bridgehead atoms. The zero-order valence-electron chi connectivity index (χ0n) is 12.0. The van der Waals surface area contributed by atoms with Crippen molar-refractivity contribution >= 4 is 27.6 Å². The Labute approximate surface area is 128 Å². The smallest absolute Gasteiger partial charge is 0.325 e. The number of carbonyl (C=O) groups is 3. The van der Waals surface area contributed by atoms with Gasteiger partial charge in [-0.2, -0.15) is 0 Å². The van der Waals surface area contributed by atoms with Crippen molar-refractivity contribution < 1.29 is 22.8 Å². The Morgan fingerprint density at radius 2 is 1.86 bits per heavy atom. The Morgan fingerprint density at radius 3 is 2.45 bits per heavy atom. The van der Waals surface area contributed by atoms with Crippen molar-refractivity contribution in [3.63, 3.8) is 0 Å². The zero-order chi connectivity index (χ0) is 16.3. The number of nitrogens with one attached hydrogen (secondary N) is 1. The van der Waals surface area contributed by atoms with Crippen LogP contribution in [0.3, 0.4) is 0 Å². The minimum atomic E-state index is -3.22. The van der Waals surface area contributed by atoms with Crippen LogP contribution in [-0.4, -0.2) is 55.6 Å². The fourth-order valence-corrected chi connectivity index (χ4v) is 2.78. The molecular weight excluding hydrogens is 308 g/mol. The van der Waals surface area contributed by atoms with Gasteiger partial charge >= 0.3 is 6.03 Å². The Kier molecular flexibility index (Phi) is 4.60. The highest BCUT2D eigenvalue weighted by Crippen LogP contribution is 2.12. The molecule has 2 rings (SSSR count). The standard InChI is InChI=1S/C14H16N2O5S/c1-22(20,21)8-7-11-13(18)16(14(19)15-11)9-12(17)10-5-3-2-4-6-10/h2-6,11H,7-9H2,1H3,(H,15,19). The summed E-state index contributed by atoms with van der Waals surface area (Å²) >= 11 is 0. The number of benzene rings is 1. The number of carbonyl (C=O) groups excluding carboxylic acids is 3. The van der Waals surface area contributed by atoms with Gasteiger partial charge in [-0.1, -0.05) is 30.3 Å². The fourth-order valence-electron chi connectivity index (χ4n) is 2.11. The van der Waals surface area contributed by atoms with Gasteiger partial charge in [-0.05, 0) is 6.42 Å². The first-order valence-corrected chi connectivity index (χ1v) is 8.72. The summed E-state index contributed by atoms with van der Waals surface area (Å²) in [5.41, 5.74) is 0.405. The molecule has 1 aliphatic rings. The lowest BCUT2D eigenvalue weighted by atomic mass is 10.1. The first kappa shape index (κ1) is 16.2. The van der Waals surface area contributed by atoms with Crippen molar-refractivity contribution in [3.8, 4) is 0 Å². The minimum absolute atomic E-state index is 0.000561. The number of nitrogens with zero attached hydrogens (tertiary/aromatic N) is 1. The molecule has 3 amide bonds. The van der Waals surface area contributed by atoms with Crippen molar-refractivity contribution in [3.05, 3.63) is 35.9 Å². The predicted molar refractivity (Wildman–Crippen MR) is 79.1 cm³/mol. The summed E-state index contributed by atoms with van der Waals surface area (Å²) in [6.45, 7) is -0.357. The van der Waals surface area contributed by atoms with Crippen molar-refractivity contribution in [2.24, 2.45) is 0 Å². The lowest BCUT2D eigenvalue weighted by molar-refractivity contribution is -0.127. The maximum Gasteiger partial charge on any atom is 0.325 e. The number of rotatable bonds is 6. The van der Waals surface area contributed by atoms with Crippen LogP contribution in [0.25, 0.3) is 0 Å². The number of hydrogen-bond donors (Lipinski definition) is 1. The van der Waals surface area contributed by atoms with Crippen LogP contribution in [0.5, 0.6) is 0 Å². The molecule has 1 atom stereocenters. The summed E-state index contributed by atoms with van der Waals surface area (Å²) in [5, 5.41) is 2.40. The summed E-state index contributed by atoms with van der Waals surface area (Å²) in [4.78, 5) is 36.7. The van der Waals surface area contributed by atoms with Gasteiger partial charge < -0.3 is 5.32 Å². The van der Waals surface area contributed by atoms with Gasteiger partial charge in [0.25, 0.3) is 5.91 Å². The number of Topliss-reactive ketones (excluding diaryl/α,β-unsaturated/α-hetero) is 1. The summed E-state index contributed by atoms with van der Waals surface area (Å²) in [6, 6.07) is 6.76. The lowest BCUT2D eigenvalue weighted by Gasteiger charge is -2.12. The van der Waals surface area contributed by atoms with E-state index in [2.05, 4.69) is 5.32 Å². The van der Waals surface area contributed by atoms with Crippen LogP contribution in [0, 0.1) is 0 Å². The topological polar surface area (TPSA) is 101 Å². The van der Waals surface area contributed by atoms with Gasteiger partial charge in [0.05, 0.1) is 12.3 Å². The van der Waals surface area contributed by atoms with Crippen molar-refractivity contribution in [1.29, 1.82) is 0 Å². The molecular formula is C14H16N2O5S. The highest BCUT2D eigenvalue weighted by atomic mass is 32.2. The third-order valence-electron chi connectivity index (χ3n) is 3.28. The maximum absolute atomic E-state index is 12.1. The van der Waals surface area contributed by atoms with E-state index in [4.69, 9.17) is 0 Å². The molecule has 0 aliphatic carbocycles. The number of amides is 3. The highest BCUT2D eigenvalue weighted by Gasteiger charge is 2.39. The van der Waals surface area contributed by atoms with Crippen LogP contribution >= 0.6 is 0 Å². The average molecular weight is 324 g/mol. The average Bonchev–Trinajstić information content (AvgIpc) is 2.73. The van der Waals surface area contributed by atoms with Gasteiger partial charge in [-0.25, -0.2) is 13.2 Å². The van der Waals surface area contributed by atoms with Gasteiger partial charge in [0.15, 0.2) is 5.78 Å². The Morgan fingerprint density at radius 1 is 1.23 bits per heavy atom. The van der Waals surface area contributed by atoms with Crippen LogP contribution in [0.1, 0.15) is 16.8 Å². The van der Waals surface area contributed by atoms with E-state index in [9.17, 15) is 22.8 Å². The maximum atomic E-state index is 12.1. The van der Waals surface area contributed by atoms with E-state index in [0.29, 0.717) is 5.56 Å². The van der Waals surface area contributed by atoms with Crippen LogP contribution in [0.15, 0.2) is 30.3 Å². The first-order valence-electron chi connectivity index (χ1n) is 6.66. The van der Waals surface area contributed by atoms with Gasteiger partial charge in [0, 0.05) is 11.8 Å². The third kappa shape index (κ3) is 3.91. The van der Waals surface area contributed by atoms with E-state index in [1.165, 1.54) is 0 Å². The van der Waals surface area contributed by atoms with Crippen LogP contribution in [0.4, 0.5) is 4.79 Å². The van der Waals surface area contributed by atoms with Gasteiger partial charge in [-0.3, -0.25) is 14.5 Å². The minimum Gasteiger partial charge on any atom is -0.326 e. The van der Waals surface area contributed by atoms with E-state index < -0.39 is 27.8 Å². The second-order valence-electron chi connectivity index (χ2n) is 5.13. The van der Waals surface area contributed by atoms with E-state index in [-0.39, 0.29) is 24.5 Å². The zero-order valence-corrected chi connectivity index (χ0v) is 12.8. The number of sulfone groups is 1. The molecule has 0 spiro atoms. The van der Waals surface area contributed by atoms with Crippen molar-refractivity contribution in [1.82, 2.24) is 10.2 Å². The number of hydrogen-bond acceptors (Lipinski definition) is 5. The van der Waals surface area contributed by atoms with Crippen LogP contribution in [-0.2, 0) is 14.6 Å². The normalized spacial score (nSPS) is 18.4.